The van der Waals surface area contributed by atoms with E-state index in [-0.39, 0.29) is 81.7 Å². The van der Waals surface area contributed by atoms with E-state index in [0.717, 1.165) is 18.7 Å². The molecule has 1 aromatic rings. The van der Waals surface area contributed by atoms with E-state index in [9.17, 15) is 117 Å². The fourth-order valence-corrected chi connectivity index (χ4v) is 14.0. The minimum absolute atomic E-state index is 0.0139. The number of phenolic OH excluding ortho intramolecular Hbond substituents is 1. The van der Waals surface area contributed by atoms with Gasteiger partial charge in [-0.05, 0) is 199 Å². The zero-order chi connectivity index (χ0) is 99.5. The van der Waals surface area contributed by atoms with E-state index in [2.05, 4.69) is 90.1 Å². The molecule has 738 valence electrons. The normalized spacial score (nSPS) is 16.2. The summed E-state index contributed by atoms with van der Waals surface area (Å²) in [6.07, 6.45) is -3.91. The summed E-state index contributed by atoms with van der Waals surface area (Å²) < 4.78 is 0. The van der Waals surface area contributed by atoms with Crippen molar-refractivity contribution in [1.29, 1.82) is 0 Å². The van der Waals surface area contributed by atoms with Gasteiger partial charge < -0.3 is 128 Å². The second-order valence-electron chi connectivity index (χ2n) is 35.7. The number of nitroso groups, excluding NO2 is 2. The number of aromatic hydroxyl groups is 1. The Balaban J connectivity index is 2.47. The minimum Gasteiger partial charge on any atom is -0.508 e. The van der Waals surface area contributed by atoms with Crippen LogP contribution in [0.5, 0.6) is 5.75 Å². The van der Waals surface area contributed by atoms with Gasteiger partial charge in [0.2, 0.25) is 100 Å². The number of aliphatic hydroxyl groups is 2. The molecule has 15 atom stereocenters. The number of aliphatic hydroxyl groups excluding tert-OH is 2. The van der Waals surface area contributed by atoms with Crippen LogP contribution < -0.4 is 103 Å². The van der Waals surface area contributed by atoms with Gasteiger partial charge >= 0.3 is 5.97 Å². The molecule has 0 bridgehead atoms. The Kier molecular flexibility index (Phi) is 50.8. The number of likely N-dealkylation sites (tertiary alicyclic amines) is 1. The fraction of sp³-hybridized carbons (Fsp3) is 0.718. The van der Waals surface area contributed by atoms with Crippen molar-refractivity contribution in [2.75, 3.05) is 45.9 Å². The van der Waals surface area contributed by atoms with E-state index in [0.29, 0.717) is 56.3 Å². The number of aryl methyl sites for hydroxylation is 1. The lowest BCUT2D eigenvalue weighted by Crippen LogP contribution is -2.62. The third kappa shape index (κ3) is 42.5. The number of aliphatic carboxylic acids is 1. The average Bonchev–Trinajstić information content (AvgIpc) is 1.72. The first-order valence-corrected chi connectivity index (χ1v) is 44.4. The van der Waals surface area contributed by atoms with Crippen molar-refractivity contribution in [1.82, 2.24) is 84.7 Å². The molecule has 0 aliphatic carbocycles. The van der Waals surface area contributed by atoms with Gasteiger partial charge in [-0.15, -0.1) is 0 Å². The number of rotatable bonds is 64. The molecular weight excluding hydrogens is 1710 g/mol. The van der Waals surface area contributed by atoms with Crippen molar-refractivity contribution in [2.24, 2.45) is 57.0 Å². The van der Waals surface area contributed by atoms with Gasteiger partial charge in [-0.3, -0.25) is 86.3 Å². The monoisotopic (exact) mass is 1860 g/mol. The van der Waals surface area contributed by atoms with E-state index in [1.54, 1.807) is 48.5 Å². The average molecular weight is 1860 g/mol. The quantitative estimate of drug-likeness (QED) is 0.0219. The van der Waals surface area contributed by atoms with Crippen molar-refractivity contribution < 1.29 is 107 Å². The van der Waals surface area contributed by atoms with Gasteiger partial charge in [0, 0.05) is 56.8 Å². The first-order chi connectivity index (χ1) is 61.2. The van der Waals surface area contributed by atoms with Gasteiger partial charge in [0.15, 0.2) is 0 Å². The lowest BCUT2D eigenvalue weighted by molar-refractivity contribution is -0.143. The van der Waals surface area contributed by atoms with Crippen LogP contribution in [0.2, 0.25) is 0 Å². The molecule has 46 heteroatoms. The highest BCUT2D eigenvalue weighted by Gasteiger charge is 2.43. The predicted molar refractivity (Wildman–Crippen MR) is 479 cm³/mol. The van der Waals surface area contributed by atoms with Crippen LogP contribution in [0, 0.1) is 40.4 Å². The van der Waals surface area contributed by atoms with Crippen molar-refractivity contribution in [3.63, 3.8) is 0 Å². The van der Waals surface area contributed by atoms with Gasteiger partial charge in [0.05, 0.1) is 25.7 Å². The third-order valence-electron chi connectivity index (χ3n) is 22.5. The molecule has 17 amide bonds. The highest BCUT2D eigenvalue weighted by Crippen LogP contribution is 2.24. The number of carbonyl (C=O) groups excluding carboxylic acids is 17. The SMILES string of the molecule is CC(=O)N[C@@H](CC(N)=O)C(=O)N[C@@H](CCC(N)=O)C(=O)N[C@@H](CCC(=O)O)C(=O)N[C@@H](CCC(N)=O)C(=O)N[C@H](C(=O)N[C@@H](CO)C(=O)N1CCC[C@H]1C(=O)N[C@@H](Cc1ccc(O)c(C)c1)C(=O)N[C@H](C(=O)N[C@@H](CC(C)C)C(=O)N[C@@H](CC(C)C)C(=O)N[C@@H](CCCCN)C(=O)NCC(=O)NCCC(CCNC(C)(C)C(C)N=O)CCNC(C)(C)C(C)N=O)[C@H](C)O)C(C)C. The molecule has 1 aliphatic rings. The number of hydrogen-bond acceptors (Lipinski definition) is 28. The molecule has 2 unspecified atom stereocenters. The van der Waals surface area contributed by atoms with E-state index in [1.807, 2.05) is 27.7 Å². The number of carboxylic acid groups (broad SMARTS) is 1. The number of nitrogens with one attached hydrogen (secondary N) is 15. The summed E-state index contributed by atoms with van der Waals surface area (Å²) in [5.41, 5.74) is 21.3. The zero-order valence-corrected chi connectivity index (χ0v) is 78.0. The van der Waals surface area contributed by atoms with E-state index >= 15 is 0 Å². The van der Waals surface area contributed by atoms with Gasteiger partial charge in [-0.1, -0.05) is 64.0 Å². The smallest absolute Gasteiger partial charge is 0.303 e. The number of primary amides is 3. The Morgan fingerprint density at radius 1 is 0.504 bits per heavy atom. The molecule has 2 rings (SSSR count). The van der Waals surface area contributed by atoms with Crippen molar-refractivity contribution in [3.8, 4) is 5.75 Å². The lowest BCUT2D eigenvalue weighted by Gasteiger charge is -2.31. The number of carboxylic acids is 1. The number of hydrogen-bond donors (Lipinski definition) is 23. The molecule has 46 nitrogen and oxygen atoms in total. The summed E-state index contributed by atoms with van der Waals surface area (Å²) in [5, 5.41) is 87.7. The van der Waals surface area contributed by atoms with E-state index in [1.165, 1.54) is 32.0 Å². The van der Waals surface area contributed by atoms with Crippen LogP contribution in [-0.2, 0) is 92.7 Å². The Morgan fingerprint density at radius 2 is 0.939 bits per heavy atom. The highest BCUT2D eigenvalue weighted by atomic mass is 16.4. The molecule has 0 spiro atoms. The summed E-state index contributed by atoms with van der Waals surface area (Å²) in [6, 6.07) is -16.4. The molecule has 1 heterocycles. The van der Waals surface area contributed by atoms with Crippen molar-refractivity contribution in [2.45, 2.75) is 321 Å². The van der Waals surface area contributed by atoms with Crippen LogP contribution in [0.15, 0.2) is 28.6 Å². The topological polar surface area (TPSA) is 735 Å². The zero-order valence-electron chi connectivity index (χ0n) is 78.0. The van der Waals surface area contributed by atoms with Crippen LogP contribution in [0.3, 0.4) is 0 Å². The van der Waals surface area contributed by atoms with Crippen LogP contribution in [0.1, 0.15) is 217 Å². The Bertz CT molecular complexity index is 4010. The summed E-state index contributed by atoms with van der Waals surface area (Å²) in [6.45, 7) is 24.3. The van der Waals surface area contributed by atoms with Gasteiger partial charge in [-0.25, -0.2) is 0 Å². The maximum Gasteiger partial charge on any atom is 0.303 e. The van der Waals surface area contributed by atoms with Gasteiger partial charge in [0.25, 0.3) is 0 Å². The Morgan fingerprint density at radius 3 is 1.38 bits per heavy atom. The number of benzene rings is 1. The molecule has 0 saturated carbocycles. The lowest BCUT2D eigenvalue weighted by atomic mass is 9.92. The maximum absolute atomic E-state index is 14.8. The number of nitrogens with zero attached hydrogens (tertiary/aromatic N) is 3. The van der Waals surface area contributed by atoms with E-state index < -0.39 is 272 Å². The summed E-state index contributed by atoms with van der Waals surface area (Å²) in [4.78, 5) is 269. The Labute approximate surface area is 763 Å². The van der Waals surface area contributed by atoms with Crippen LogP contribution in [0.4, 0.5) is 0 Å². The molecule has 0 radical (unpaired) electrons. The molecule has 131 heavy (non-hydrogen) atoms. The summed E-state index contributed by atoms with van der Waals surface area (Å²) in [7, 11) is 0. The maximum atomic E-state index is 14.8. The number of amides is 17. The molecule has 1 aromatic carbocycles. The number of nitrogens with two attached hydrogens (primary N) is 4. The minimum atomic E-state index is -1.88. The standard InChI is InChI=1S/C85H144N22O24/c1-44(2)37-58(76(122)95-54(19-16-17-32-86)72(118)91-42-68(115)90-33-29-52(30-34-92-84(12,13)49(9)105-130)31-35-93-85(14,15)50(10)106-131)99-77(123)59(38-45(3)4)101-82(128)71(48(8)109)104-79(125)60(40-53-21-25-64(111)47(7)39-53)100-80(126)63-20-18-36-107(63)83(129)62(43-108)102-81(127)70(46(5)6)103-75(121)56(23-27-66(88)113)96-74(120)57(24-28-69(116)117)97-73(119)55(22-26-65(87)112)98-78(124)61(41-67(89)114)94-51(11)110/h21,25,39,44-46,48-50,52,54-63,70-71,92-93,108-109,111H,16-20,22-24,26-38,40-43,86H2,1-15H3,(H2,87,112)(H2,88,113)(H2,89,114)(H,90,115)(H,91,118)(H,94,110)(H,95,122)(H,96,120)(H,97,119)(H,98,124)(H,99,123)(H,100,126)(H,101,128)(H,102,127)(H,103,121)(H,104,125)(H,116,117)/t48-,49?,50?,52?,54-,55-,56-,57-,58-,59-,60-,61-,62-,63-,70-,71-/m0/s1. The summed E-state index contributed by atoms with van der Waals surface area (Å²) in [5.74, 6) is -19.9. The number of unbranched alkanes of at least 4 members (excludes halogenated alkanes) is 1. The molecule has 1 saturated heterocycles. The third-order valence-corrected chi connectivity index (χ3v) is 22.5. The summed E-state index contributed by atoms with van der Waals surface area (Å²) >= 11 is 0. The van der Waals surface area contributed by atoms with Crippen LogP contribution in [-0.4, -0.2) is 279 Å². The van der Waals surface area contributed by atoms with Crippen molar-refractivity contribution in [3.05, 3.63) is 39.1 Å². The second-order valence-corrected chi connectivity index (χ2v) is 35.7. The Hall–Kier alpha value is -11.5. The largest absolute Gasteiger partial charge is 0.508 e. The van der Waals surface area contributed by atoms with E-state index in [4.69, 9.17) is 22.9 Å². The van der Waals surface area contributed by atoms with Gasteiger partial charge in [-0.2, -0.15) is 9.81 Å². The predicted octanol–water partition coefficient (Wildman–Crippen LogP) is -3.83. The van der Waals surface area contributed by atoms with Gasteiger partial charge in [0.1, 0.15) is 90.3 Å². The second kappa shape index (κ2) is 57.6. The number of carbonyl (C=O) groups is 18. The first-order valence-electron chi connectivity index (χ1n) is 44.4. The molecule has 1 fully saturated rings. The number of phenols is 1. The fourth-order valence-electron chi connectivity index (χ4n) is 14.0. The molecule has 1 aliphatic heterocycles. The molecular formula is C85H144N22O24. The van der Waals surface area contributed by atoms with Crippen LogP contribution >= 0.6 is 0 Å². The molecule has 27 N–H and O–H groups in total. The molecule has 0 aromatic heterocycles. The van der Waals surface area contributed by atoms with Crippen LogP contribution in [0.25, 0.3) is 0 Å². The highest BCUT2D eigenvalue weighted by molar-refractivity contribution is 6.01. The van der Waals surface area contributed by atoms with Crippen molar-refractivity contribution >= 4 is 106 Å². The first kappa shape index (κ1) is 116.